The zero-order chi connectivity index (χ0) is 22.7. The van der Waals surface area contributed by atoms with Crippen molar-refractivity contribution in [3.8, 4) is 0 Å². The average molecular weight is 466 g/mol. The van der Waals surface area contributed by atoms with Gasteiger partial charge in [-0.3, -0.25) is 14.4 Å². The van der Waals surface area contributed by atoms with Crippen LogP contribution < -0.4 is 23.5 Å². The van der Waals surface area contributed by atoms with Gasteiger partial charge in [-0.1, -0.05) is 27.7 Å². The van der Waals surface area contributed by atoms with Crippen molar-refractivity contribution in [1.29, 1.82) is 0 Å². The summed E-state index contributed by atoms with van der Waals surface area (Å²) in [5.74, 6) is -10.4. The second-order valence-electron chi connectivity index (χ2n) is 8.06. The van der Waals surface area contributed by atoms with Gasteiger partial charge in [-0.2, -0.15) is 22.0 Å². The third-order valence-electron chi connectivity index (χ3n) is 5.12. The number of carbonyl (C=O) groups is 3. The average Bonchev–Trinajstić information content (AvgIpc) is 2.62. The molecule has 0 saturated carbocycles. The van der Waals surface area contributed by atoms with Crippen LogP contribution >= 0.6 is 0 Å². The van der Waals surface area contributed by atoms with Crippen LogP contribution in [0.5, 0.6) is 0 Å². The SMILES string of the molecule is CC(C)C(NC(=O)C1CCCCN1C(=O)[C@@H]([NH3+])C(C)C)C(=O)C(F)(F)C(F)(F)F.[Cl-]. The van der Waals surface area contributed by atoms with Crippen molar-refractivity contribution < 1.29 is 54.5 Å². The molecule has 0 aliphatic carbocycles. The van der Waals surface area contributed by atoms with Gasteiger partial charge in [-0.25, -0.2) is 0 Å². The lowest BCUT2D eigenvalue weighted by Gasteiger charge is -2.37. The number of likely N-dealkylation sites (tertiary alicyclic amines) is 1. The number of nitrogens with zero attached hydrogens (tertiary/aromatic N) is 1. The quantitative estimate of drug-likeness (QED) is 0.450. The van der Waals surface area contributed by atoms with Crippen LogP contribution in [0, 0.1) is 11.8 Å². The number of nitrogens with one attached hydrogen (secondary N) is 1. The van der Waals surface area contributed by atoms with Crippen molar-refractivity contribution >= 4 is 17.6 Å². The molecule has 0 aromatic carbocycles. The number of ketones is 1. The summed E-state index contributed by atoms with van der Waals surface area (Å²) in [6.07, 6.45) is -4.65. The monoisotopic (exact) mass is 465 g/mol. The van der Waals surface area contributed by atoms with Crippen LogP contribution in [-0.2, 0) is 14.4 Å². The lowest BCUT2D eigenvalue weighted by molar-refractivity contribution is -0.416. The van der Waals surface area contributed by atoms with Gasteiger partial charge in [0.2, 0.25) is 11.7 Å². The molecule has 1 heterocycles. The highest BCUT2D eigenvalue weighted by molar-refractivity contribution is 5.96. The van der Waals surface area contributed by atoms with Gasteiger partial charge in [0.1, 0.15) is 6.04 Å². The molecule has 2 amide bonds. The summed E-state index contributed by atoms with van der Waals surface area (Å²) in [7, 11) is 0. The van der Waals surface area contributed by atoms with Crippen molar-refractivity contribution in [2.24, 2.45) is 11.8 Å². The summed E-state index contributed by atoms with van der Waals surface area (Å²) >= 11 is 0. The molecular weight excluding hydrogens is 437 g/mol. The first-order valence-electron chi connectivity index (χ1n) is 9.55. The molecular formula is C18H29ClF5N3O3. The molecule has 30 heavy (non-hydrogen) atoms. The molecule has 2 unspecified atom stereocenters. The minimum absolute atomic E-state index is 0. The van der Waals surface area contributed by atoms with Gasteiger partial charge >= 0.3 is 12.1 Å². The van der Waals surface area contributed by atoms with E-state index in [1.165, 1.54) is 18.7 Å². The fourth-order valence-electron chi connectivity index (χ4n) is 3.09. The Kier molecular flexibility index (Phi) is 10.2. The van der Waals surface area contributed by atoms with Crippen LogP contribution in [0.2, 0.25) is 0 Å². The van der Waals surface area contributed by atoms with Crippen LogP contribution in [0.3, 0.4) is 0 Å². The van der Waals surface area contributed by atoms with Gasteiger partial charge in [0.15, 0.2) is 6.04 Å². The van der Waals surface area contributed by atoms with Gasteiger partial charge < -0.3 is 28.4 Å². The van der Waals surface area contributed by atoms with Crippen LogP contribution in [0.4, 0.5) is 22.0 Å². The third kappa shape index (κ3) is 6.26. The Bertz CT molecular complexity index is 629. The maximum absolute atomic E-state index is 13.5. The zero-order valence-electron chi connectivity index (χ0n) is 17.4. The molecule has 0 aromatic rings. The first kappa shape index (κ1) is 28.5. The molecule has 0 aromatic heterocycles. The highest BCUT2D eigenvalue weighted by Crippen LogP contribution is 2.37. The minimum atomic E-state index is -6.06. The zero-order valence-corrected chi connectivity index (χ0v) is 18.1. The molecule has 1 aliphatic rings. The standard InChI is InChI=1S/C18H28F5N3O3.ClH/c1-9(2)12(24)16(29)26-8-6-5-7-11(26)15(28)25-13(10(3)4)14(27)17(19,20)18(21,22)23;/h9-13H,5-8,24H2,1-4H3,(H,25,28);1H/t11?,12-,13?;/m0./s1. The van der Waals surface area contributed by atoms with E-state index in [9.17, 15) is 36.3 Å². The van der Waals surface area contributed by atoms with Crippen molar-refractivity contribution in [1.82, 2.24) is 10.2 Å². The van der Waals surface area contributed by atoms with Crippen LogP contribution in [0.15, 0.2) is 0 Å². The number of carbonyl (C=O) groups excluding carboxylic acids is 3. The molecule has 3 atom stereocenters. The second-order valence-corrected chi connectivity index (χ2v) is 8.06. The van der Waals surface area contributed by atoms with E-state index in [2.05, 4.69) is 5.73 Å². The lowest BCUT2D eigenvalue weighted by atomic mass is 9.93. The molecule has 12 heteroatoms. The van der Waals surface area contributed by atoms with Crippen molar-refractivity contribution in [3.63, 3.8) is 0 Å². The van der Waals surface area contributed by atoms with E-state index in [1.807, 2.05) is 5.32 Å². The highest BCUT2D eigenvalue weighted by Gasteiger charge is 2.64. The van der Waals surface area contributed by atoms with E-state index in [0.29, 0.717) is 12.8 Å². The molecule has 1 fully saturated rings. The van der Waals surface area contributed by atoms with E-state index < -0.39 is 53.7 Å². The topological polar surface area (TPSA) is 94.1 Å². The molecule has 0 bridgehead atoms. The number of rotatable bonds is 7. The lowest BCUT2D eigenvalue weighted by Crippen LogP contribution is -3.00. The number of Topliss-reactive ketones (excluding diaryl/α,β-unsaturated/α-hetero) is 1. The maximum Gasteiger partial charge on any atom is 0.461 e. The third-order valence-corrected chi connectivity index (χ3v) is 5.12. The number of alkyl halides is 5. The van der Waals surface area contributed by atoms with Crippen LogP contribution in [-0.4, -0.2) is 59.3 Å². The van der Waals surface area contributed by atoms with Gasteiger partial charge in [-0.05, 0) is 25.2 Å². The number of quaternary nitrogens is 1. The number of hydrogen-bond acceptors (Lipinski definition) is 3. The Hall–Kier alpha value is -1.49. The molecule has 6 nitrogen and oxygen atoms in total. The van der Waals surface area contributed by atoms with Gasteiger partial charge in [0, 0.05) is 12.5 Å². The second kappa shape index (κ2) is 10.7. The Balaban J connectivity index is 0.00000841. The van der Waals surface area contributed by atoms with E-state index >= 15 is 0 Å². The van der Waals surface area contributed by atoms with E-state index in [1.54, 1.807) is 13.8 Å². The molecule has 0 radical (unpaired) electrons. The summed E-state index contributed by atoms with van der Waals surface area (Å²) in [4.78, 5) is 38.5. The molecule has 1 saturated heterocycles. The van der Waals surface area contributed by atoms with E-state index in [-0.39, 0.29) is 31.3 Å². The fourth-order valence-corrected chi connectivity index (χ4v) is 3.09. The number of hydrogen-bond donors (Lipinski definition) is 2. The summed E-state index contributed by atoms with van der Waals surface area (Å²) in [6.45, 7) is 6.31. The van der Waals surface area contributed by atoms with Crippen molar-refractivity contribution in [2.75, 3.05) is 6.54 Å². The molecule has 0 spiro atoms. The fraction of sp³-hybridized carbons (Fsp3) is 0.833. The maximum atomic E-state index is 13.5. The molecule has 176 valence electrons. The Morgan fingerprint density at radius 3 is 1.97 bits per heavy atom. The first-order valence-corrected chi connectivity index (χ1v) is 9.55. The largest absolute Gasteiger partial charge is 1.00 e. The summed E-state index contributed by atoms with van der Waals surface area (Å²) in [5.41, 5.74) is 3.78. The number of piperidine rings is 1. The number of amides is 2. The Labute approximate surface area is 178 Å². The Morgan fingerprint density at radius 2 is 1.53 bits per heavy atom. The molecule has 1 aliphatic heterocycles. The summed E-state index contributed by atoms with van der Waals surface area (Å²) in [6, 6.07) is -3.73. The van der Waals surface area contributed by atoms with E-state index in [4.69, 9.17) is 0 Å². The van der Waals surface area contributed by atoms with Crippen LogP contribution in [0.1, 0.15) is 47.0 Å². The minimum Gasteiger partial charge on any atom is -1.00 e. The first-order chi connectivity index (χ1) is 13.1. The summed E-state index contributed by atoms with van der Waals surface area (Å²) < 4.78 is 64.8. The molecule has 4 N–H and O–H groups in total. The van der Waals surface area contributed by atoms with E-state index in [0.717, 1.165) is 0 Å². The smallest absolute Gasteiger partial charge is 0.461 e. The normalized spacial score (nSPS) is 19.9. The Morgan fingerprint density at radius 1 is 1.00 bits per heavy atom. The summed E-state index contributed by atoms with van der Waals surface area (Å²) in [5, 5.41) is 2.03. The molecule has 1 rings (SSSR count). The van der Waals surface area contributed by atoms with Gasteiger partial charge in [0.25, 0.3) is 5.91 Å². The van der Waals surface area contributed by atoms with Crippen molar-refractivity contribution in [3.05, 3.63) is 0 Å². The predicted molar refractivity (Wildman–Crippen MR) is 93.6 cm³/mol. The predicted octanol–water partition coefficient (Wildman–Crippen LogP) is -1.45. The van der Waals surface area contributed by atoms with Crippen molar-refractivity contribution in [2.45, 2.75) is 77.2 Å². The van der Waals surface area contributed by atoms with Crippen LogP contribution in [0.25, 0.3) is 0 Å². The van der Waals surface area contributed by atoms with Gasteiger partial charge in [0.05, 0.1) is 6.04 Å². The van der Waals surface area contributed by atoms with Gasteiger partial charge in [-0.15, -0.1) is 0 Å². The highest BCUT2D eigenvalue weighted by atomic mass is 35.5. The number of halogens is 6.